The topological polar surface area (TPSA) is 43.4 Å². The molecule has 0 radical (unpaired) electrons. The maximum atomic E-state index is 10.7. The lowest BCUT2D eigenvalue weighted by molar-refractivity contribution is -0.138. The summed E-state index contributed by atoms with van der Waals surface area (Å²) in [4.78, 5) is 21.2. The van der Waals surface area contributed by atoms with Crippen molar-refractivity contribution in [2.24, 2.45) is 5.92 Å². The zero-order valence-corrected chi connectivity index (χ0v) is 5.92. The number of ketones is 2. The smallest absolute Gasteiger partial charge is 0.198 e. The van der Waals surface area contributed by atoms with Crippen molar-refractivity contribution in [2.45, 2.75) is 13.3 Å². The van der Waals surface area contributed by atoms with Gasteiger partial charge in [0.1, 0.15) is 0 Å². The lowest BCUT2D eigenvalue weighted by Crippen LogP contribution is -2.31. The van der Waals surface area contributed by atoms with Crippen LogP contribution in [-0.4, -0.2) is 24.8 Å². The molecule has 1 aliphatic rings. The van der Waals surface area contributed by atoms with Crippen molar-refractivity contribution in [2.75, 3.05) is 13.2 Å². The number of hydrogen-bond acceptors (Lipinski definition) is 3. The molecule has 0 unspecified atom stereocenters. The first-order valence-corrected chi connectivity index (χ1v) is 3.31. The molecule has 0 bridgehead atoms. The minimum Gasteiger partial charge on any atom is -0.381 e. The Morgan fingerprint density at radius 3 is 2.40 bits per heavy atom. The van der Waals surface area contributed by atoms with Gasteiger partial charge in [0.2, 0.25) is 0 Å². The van der Waals surface area contributed by atoms with Crippen molar-refractivity contribution in [1.29, 1.82) is 0 Å². The lowest BCUT2D eigenvalue weighted by Gasteiger charge is -2.24. The lowest BCUT2D eigenvalue weighted by atomic mass is 10.00. The van der Waals surface area contributed by atoms with Crippen LogP contribution in [-0.2, 0) is 14.3 Å². The Morgan fingerprint density at radius 1 is 1.50 bits per heavy atom. The Labute approximate surface area is 59.4 Å². The van der Waals surface area contributed by atoms with Crippen molar-refractivity contribution in [3.05, 3.63) is 0 Å². The summed E-state index contributed by atoms with van der Waals surface area (Å²) in [5.74, 6) is -0.309. The van der Waals surface area contributed by atoms with Gasteiger partial charge in [-0.05, 0) is 0 Å². The number of ether oxygens (including phenoxy) is 1. The van der Waals surface area contributed by atoms with Gasteiger partial charge in [-0.25, -0.2) is 0 Å². The summed E-state index contributed by atoms with van der Waals surface area (Å²) < 4.78 is 4.85. The van der Waals surface area contributed by atoms with E-state index in [0.717, 1.165) is 0 Å². The molecule has 0 spiro atoms. The zero-order valence-electron chi connectivity index (χ0n) is 5.92. The fourth-order valence-corrected chi connectivity index (χ4v) is 0.808. The Morgan fingerprint density at radius 2 is 2.10 bits per heavy atom. The predicted octanol–water partition coefficient (Wildman–Crippen LogP) is 0.181. The molecular weight excluding hydrogens is 132 g/mol. The summed E-state index contributed by atoms with van der Waals surface area (Å²) in [7, 11) is 0. The van der Waals surface area contributed by atoms with Crippen LogP contribution in [0.2, 0.25) is 0 Å². The fraction of sp³-hybridized carbons (Fsp3) is 0.714. The first-order valence-electron chi connectivity index (χ1n) is 3.31. The largest absolute Gasteiger partial charge is 0.381 e. The van der Waals surface area contributed by atoms with E-state index >= 15 is 0 Å². The fourth-order valence-electron chi connectivity index (χ4n) is 0.808. The van der Waals surface area contributed by atoms with Crippen molar-refractivity contribution in [3.63, 3.8) is 0 Å². The van der Waals surface area contributed by atoms with Crippen molar-refractivity contribution in [3.8, 4) is 0 Å². The highest BCUT2D eigenvalue weighted by Crippen LogP contribution is 2.14. The van der Waals surface area contributed by atoms with E-state index in [-0.39, 0.29) is 11.6 Å². The van der Waals surface area contributed by atoms with Crippen molar-refractivity contribution < 1.29 is 14.3 Å². The summed E-state index contributed by atoms with van der Waals surface area (Å²) >= 11 is 0. The predicted molar refractivity (Wildman–Crippen MR) is 34.6 cm³/mol. The van der Waals surface area contributed by atoms with Crippen LogP contribution < -0.4 is 0 Å². The number of hydrogen-bond donors (Lipinski definition) is 0. The Bertz CT molecular complexity index is 158. The van der Waals surface area contributed by atoms with Crippen LogP contribution in [0.15, 0.2) is 0 Å². The van der Waals surface area contributed by atoms with Gasteiger partial charge in [-0.3, -0.25) is 9.59 Å². The molecule has 0 N–H and O–H groups in total. The number of Topliss-reactive ketones (excluding diaryl/α,β-unsaturated/α-hetero) is 2. The summed E-state index contributed by atoms with van der Waals surface area (Å²) in [6.07, 6.45) is 0.370. The van der Waals surface area contributed by atoms with Gasteiger partial charge >= 0.3 is 0 Å². The first-order chi connectivity index (χ1) is 4.70. The van der Waals surface area contributed by atoms with Gasteiger partial charge in [0.05, 0.1) is 13.2 Å². The quantitative estimate of drug-likeness (QED) is 0.528. The molecular formula is C7H10O3. The second-order valence-electron chi connectivity index (χ2n) is 2.59. The second-order valence-corrected chi connectivity index (χ2v) is 2.59. The number of rotatable bonds is 3. The molecule has 1 aliphatic heterocycles. The van der Waals surface area contributed by atoms with Gasteiger partial charge in [0.15, 0.2) is 11.6 Å². The molecule has 0 saturated carbocycles. The molecule has 3 nitrogen and oxygen atoms in total. The van der Waals surface area contributed by atoms with Crippen molar-refractivity contribution in [1.82, 2.24) is 0 Å². The molecule has 56 valence electrons. The Kier molecular flexibility index (Phi) is 2.17. The summed E-state index contributed by atoms with van der Waals surface area (Å²) in [5.41, 5.74) is 0. The SMILES string of the molecule is CC(=O)C(=O)CC1COC1. The maximum Gasteiger partial charge on any atom is 0.198 e. The van der Waals surface area contributed by atoms with Crippen LogP contribution in [0.1, 0.15) is 13.3 Å². The highest BCUT2D eigenvalue weighted by atomic mass is 16.5. The molecule has 0 amide bonds. The molecule has 1 heterocycles. The van der Waals surface area contributed by atoms with Gasteiger partial charge in [0, 0.05) is 19.3 Å². The standard InChI is InChI=1S/C7H10O3/c1-5(8)7(9)2-6-3-10-4-6/h6H,2-4H2,1H3. The molecule has 1 rings (SSSR count). The molecule has 1 saturated heterocycles. The molecule has 0 aliphatic carbocycles. The zero-order chi connectivity index (χ0) is 7.56. The van der Waals surface area contributed by atoms with Gasteiger partial charge in [-0.2, -0.15) is 0 Å². The molecule has 1 fully saturated rings. The van der Waals surface area contributed by atoms with Crippen LogP contribution in [0.3, 0.4) is 0 Å². The number of carbonyl (C=O) groups excluding carboxylic acids is 2. The Hall–Kier alpha value is -0.700. The third-order valence-corrected chi connectivity index (χ3v) is 1.57. The van der Waals surface area contributed by atoms with Crippen LogP contribution in [0.4, 0.5) is 0 Å². The summed E-state index contributed by atoms with van der Waals surface area (Å²) in [6.45, 7) is 2.58. The second kappa shape index (κ2) is 2.92. The molecule has 0 aromatic rings. The monoisotopic (exact) mass is 142 g/mol. The van der Waals surface area contributed by atoms with E-state index in [1.54, 1.807) is 0 Å². The normalized spacial score (nSPS) is 18.1. The first kappa shape index (κ1) is 7.41. The summed E-state index contributed by atoms with van der Waals surface area (Å²) in [5, 5.41) is 0. The average molecular weight is 142 g/mol. The average Bonchev–Trinajstić information content (AvgIpc) is 1.77. The van der Waals surface area contributed by atoms with E-state index in [1.807, 2.05) is 0 Å². The molecule has 0 aromatic carbocycles. The molecule has 0 aromatic heterocycles. The Balaban J connectivity index is 2.23. The van der Waals surface area contributed by atoms with Crippen molar-refractivity contribution >= 4 is 11.6 Å². The molecule has 3 heteroatoms. The van der Waals surface area contributed by atoms with Gasteiger partial charge in [-0.1, -0.05) is 0 Å². The van der Waals surface area contributed by atoms with E-state index in [0.29, 0.717) is 25.6 Å². The van der Waals surface area contributed by atoms with E-state index in [4.69, 9.17) is 4.74 Å². The highest BCUT2D eigenvalue weighted by Gasteiger charge is 2.22. The van der Waals surface area contributed by atoms with Gasteiger partial charge in [0.25, 0.3) is 0 Å². The third kappa shape index (κ3) is 1.64. The summed E-state index contributed by atoms with van der Waals surface area (Å²) in [6, 6.07) is 0. The van der Waals surface area contributed by atoms with E-state index in [9.17, 15) is 9.59 Å². The van der Waals surface area contributed by atoms with Crippen LogP contribution in [0, 0.1) is 5.92 Å². The van der Waals surface area contributed by atoms with E-state index in [2.05, 4.69) is 0 Å². The number of carbonyl (C=O) groups is 2. The molecule has 10 heavy (non-hydrogen) atoms. The van der Waals surface area contributed by atoms with E-state index < -0.39 is 0 Å². The van der Waals surface area contributed by atoms with Crippen LogP contribution in [0.25, 0.3) is 0 Å². The van der Waals surface area contributed by atoms with Crippen LogP contribution >= 0.6 is 0 Å². The third-order valence-electron chi connectivity index (χ3n) is 1.57. The van der Waals surface area contributed by atoms with Gasteiger partial charge in [-0.15, -0.1) is 0 Å². The maximum absolute atomic E-state index is 10.7. The highest BCUT2D eigenvalue weighted by molar-refractivity contribution is 6.36. The minimum atomic E-state index is -0.341. The molecule has 0 atom stereocenters. The van der Waals surface area contributed by atoms with E-state index in [1.165, 1.54) is 6.92 Å². The van der Waals surface area contributed by atoms with Gasteiger partial charge < -0.3 is 4.74 Å². The van der Waals surface area contributed by atoms with Crippen LogP contribution in [0.5, 0.6) is 0 Å². The minimum absolute atomic E-state index is 0.270.